The number of ketones is 1. The smallest absolute Gasteiger partial charge is 0.347 e. The van der Waals surface area contributed by atoms with E-state index < -0.39 is 50.5 Å². The first-order valence-electron chi connectivity index (χ1n) is 13.6. The van der Waals surface area contributed by atoms with Crippen LogP contribution in [0.4, 0.5) is 0 Å². The van der Waals surface area contributed by atoms with Crippen molar-refractivity contribution in [1.29, 1.82) is 5.26 Å². The second-order valence-corrected chi connectivity index (χ2v) is 13.1. The summed E-state index contributed by atoms with van der Waals surface area (Å²) < 4.78 is 20.5. The van der Waals surface area contributed by atoms with Crippen molar-refractivity contribution in [3.05, 3.63) is 35.9 Å². The number of rotatable bonds is 12. The molecule has 6 atom stereocenters. The number of aliphatic hydroxyl groups is 1. The second-order valence-electron chi connectivity index (χ2n) is 10.7. The van der Waals surface area contributed by atoms with Gasteiger partial charge in [0.25, 0.3) is 0 Å². The van der Waals surface area contributed by atoms with E-state index in [0.717, 1.165) is 0 Å². The van der Waals surface area contributed by atoms with Crippen LogP contribution in [0.1, 0.15) is 44.5 Å². The molecule has 14 heteroatoms. The van der Waals surface area contributed by atoms with Crippen LogP contribution >= 0.6 is 7.87 Å². The molecule has 1 aromatic rings. The molecule has 222 valence electrons. The number of Topliss-reactive ketones (excluding diaryl/α,β-unsaturated/α-hetero) is 1. The number of nitrogens with two attached hydrogens (primary N) is 1. The lowest BCUT2D eigenvalue weighted by Gasteiger charge is -2.37. The number of nitriles is 1. The third kappa shape index (κ3) is 5.84. The largest absolute Gasteiger partial charge is 0.394 e. The number of methoxy groups -OCH3 is 1. The molecule has 4 rings (SSSR count). The summed E-state index contributed by atoms with van der Waals surface area (Å²) in [4.78, 5) is 40.2. The third-order valence-electron chi connectivity index (χ3n) is 7.32. The number of hydrogen-bond acceptors (Lipinski definition) is 13. The van der Waals surface area contributed by atoms with Crippen molar-refractivity contribution in [3.63, 3.8) is 0 Å². The zero-order valence-corrected chi connectivity index (χ0v) is 24.9. The van der Waals surface area contributed by atoms with Crippen molar-refractivity contribution in [1.82, 2.24) is 9.57 Å². The highest BCUT2D eigenvalue weighted by Crippen LogP contribution is 2.63. The molecule has 3 heterocycles. The first-order valence-corrected chi connectivity index (χ1v) is 15.4. The fraction of sp³-hybridized carbons (Fsp3) is 0.593. The van der Waals surface area contributed by atoms with Crippen LogP contribution in [0.25, 0.3) is 0 Å². The standard InChI is InChI=1S/C27H39N7O6P/c1-17(2)34(18(3)4)41(37,13-9-12-28)40-21-20(14-35)39-26(22(21)38-5)33-16-31-23-25(33)30-15-32-27(23,29)24(36)19-10-7-6-8-11-19/h6-8,10-11,15,17-18,20-22,26,35,37H,9,13-14,16,29H2,1-5H3/q+1/t20-,21-,22-,26-,27?,41?/m1/s1. The minimum atomic E-state index is -3.34. The molecule has 0 spiro atoms. The van der Waals surface area contributed by atoms with E-state index in [1.165, 1.54) is 13.4 Å². The van der Waals surface area contributed by atoms with Crippen LogP contribution in [0.5, 0.6) is 0 Å². The number of amidine groups is 1. The van der Waals surface area contributed by atoms with Gasteiger partial charge in [-0.25, -0.2) is 14.9 Å². The van der Waals surface area contributed by atoms with Crippen molar-refractivity contribution in [2.24, 2.45) is 20.7 Å². The quantitative estimate of drug-likeness (QED) is 0.240. The van der Waals surface area contributed by atoms with Crippen molar-refractivity contribution < 1.29 is 28.8 Å². The monoisotopic (exact) mass is 588 g/mol. The van der Waals surface area contributed by atoms with Crippen molar-refractivity contribution in [2.75, 3.05) is 26.5 Å². The predicted molar refractivity (Wildman–Crippen MR) is 156 cm³/mol. The molecule has 2 unspecified atom stereocenters. The number of aliphatic imine (C=N–C) groups is 3. The van der Waals surface area contributed by atoms with Gasteiger partial charge in [-0.15, -0.1) is 4.67 Å². The van der Waals surface area contributed by atoms with Crippen molar-refractivity contribution in [3.8, 4) is 6.07 Å². The summed E-state index contributed by atoms with van der Waals surface area (Å²) in [5.41, 5.74) is 5.37. The van der Waals surface area contributed by atoms with Crippen molar-refractivity contribution in [2.45, 2.75) is 76.4 Å². The molecule has 13 nitrogen and oxygen atoms in total. The first kappa shape index (κ1) is 31.3. The van der Waals surface area contributed by atoms with Gasteiger partial charge in [0.2, 0.25) is 11.4 Å². The maximum Gasteiger partial charge on any atom is 0.347 e. The van der Waals surface area contributed by atoms with E-state index in [9.17, 15) is 20.1 Å². The average Bonchev–Trinajstić information content (AvgIpc) is 3.53. The van der Waals surface area contributed by atoms with E-state index in [1.54, 1.807) is 35.2 Å². The highest BCUT2D eigenvalue weighted by molar-refractivity contribution is 7.63. The topological polar surface area (TPSA) is 179 Å². The van der Waals surface area contributed by atoms with Crippen LogP contribution in [-0.4, -0.2) is 112 Å². The molecule has 0 aromatic heterocycles. The lowest BCUT2D eigenvalue weighted by atomic mass is 9.93. The predicted octanol–water partition coefficient (Wildman–Crippen LogP) is 1.58. The van der Waals surface area contributed by atoms with Crippen LogP contribution in [0, 0.1) is 11.3 Å². The Hall–Kier alpha value is -2.66. The molecule has 4 N–H and O–H groups in total. The molecule has 0 bridgehead atoms. The fourth-order valence-electron chi connectivity index (χ4n) is 5.67. The summed E-state index contributed by atoms with van der Waals surface area (Å²) in [6.07, 6.45) is -1.95. The zero-order valence-electron chi connectivity index (χ0n) is 24.0. The van der Waals surface area contributed by atoms with E-state index in [0.29, 0.717) is 11.4 Å². The maximum absolute atomic E-state index is 13.4. The molecule has 3 aliphatic rings. The van der Waals surface area contributed by atoms with Gasteiger partial charge < -0.3 is 19.5 Å². The minimum Gasteiger partial charge on any atom is -0.394 e. The molecule has 41 heavy (non-hydrogen) atoms. The number of fused-ring (bicyclic) bond motifs is 1. The fourth-order valence-corrected chi connectivity index (χ4v) is 8.60. The normalized spacial score (nSPS) is 29.0. The summed E-state index contributed by atoms with van der Waals surface area (Å²) in [5.74, 6) is -0.126. The minimum absolute atomic E-state index is 0.0475. The summed E-state index contributed by atoms with van der Waals surface area (Å²) >= 11 is 0. The molecular weight excluding hydrogens is 549 g/mol. The third-order valence-corrected chi connectivity index (χ3v) is 10.4. The van der Waals surface area contributed by atoms with E-state index in [2.05, 4.69) is 21.0 Å². The average molecular weight is 589 g/mol. The lowest BCUT2D eigenvalue weighted by molar-refractivity contribution is -0.0765. The van der Waals surface area contributed by atoms with E-state index in [-0.39, 0.29) is 37.0 Å². The Kier molecular flexibility index (Phi) is 9.68. The molecule has 0 radical (unpaired) electrons. The number of benzene rings is 1. The molecule has 1 fully saturated rings. The van der Waals surface area contributed by atoms with Gasteiger partial charge in [0.1, 0.15) is 37.1 Å². The van der Waals surface area contributed by atoms with Crippen LogP contribution in [0.2, 0.25) is 0 Å². The Balaban J connectivity index is 1.62. The molecule has 0 amide bonds. The summed E-state index contributed by atoms with van der Waals surface area (Å²) in [7, 11) is -1.85. The van der Waals surface area contributed by atoms with Crippen LogP contribution in [0.3, 0.4) is 0 Å². The Morgan fingerprint density at radius 3 is 2.56 bits per heavy atom. The van der Waals surface area contributed by atoms with Crippen LogP contribution in [0.15, 0.2) is 45.3 Å². The summed E-state index contributed by atoms with van der Waals surface area (Å²) in [5, 5.41) is 19.6. The molecular formula is C27H39N7O6P+. The summed E-state index contributed by atoms with van der Waals surface area (Å²) in [6.45, 7) is 7.44. The lowest BCUT2D eigenvalue weighted by Crippen LogP contribution is -2.59. The van der Waals surface area contributed by atoms with Gasteiger partial charge >= 0.3 is 7.87 Å². The Bertz CT molecular complexity index is 1230. The van der Waals surface area contributed by atoms with Gasteiger partial charge in [-0.1, -0.05) is 30.3 Å². The number of carbonyl (C=O) groups excluding carboxylic acids is 1. The Morgan fingerprint density at radius 1 is 1.29 bits per heavy atom. The van der Waals surface area contributed by atoms with Gasteiger partial charge in [-0.2, -0.15) is 9.79 Å². The number of nitrogens with zero attached hydrogens (tertiary/aromatic N) is 6. The van der Waals surface area contributed by atoms with Crippen LogP contribution < -0.4 is 5.73 Å². The number of hydrogen-bond donors (Lipinski definition) is 3. The van der Waals surface area contributed by atoms with Gasteiger partial charge in [-0.3, -0.25) is 15.5 Å². The van der Waals surface area contributed by atoms with E-state index in [1.807, 2.05) is 32.4 Å². The van der Waals surface area contributed by atoms with Crippen molar-refractivity contribution >= 4 is 31.5 Å². The van der Waals surface area contributed by atoms with Gasteiger partial charge in [-0.05, 0) is 27.7 Å². The highest BCUT2D eigenvalue weighted by atomic mass is 31.2. The highest BCUT2D eigenvalue weighted by Gasteiger charge is 2.59. The molecule has 0 aliphatic carbocycles. The number of aliphatic hydroxyl groups excluding tert-OH is 1. The number of carbonyl (C=O) groups is 1. The molecule has 1 aromatic carbocycles. The SMILES string of the molecule is CO[C@@H]1[C@H](O[P+](O)(CCC#N)N(C(C)C)C(C)C)[C@@H](CO)O[C@H]1N1CN=C2C1=NC=NC2(N)C(=O)c1ccccc1. The van der Waals surface area contributed by atoms with Gasteiger partial charge in [0, 0.05) is 24.8 Å². The van der Waals surface area contributed by atoms with Gasteiger partial charge in [0.05, 0.1) is 19.1 Å². The van der Waals surface area contributed by atoms with E-state index in [4.69, 9.17) is 19.7 Å². The maximum atomic E-state index is 13.4. The van der Waals surface area contributed by atoms with E-state index >= 15 is 0 Å². The Labute approximate surface area is 240 Å². The second kappa shape index (κ2) is 12.7. The zero-order chi connectivity index (χ0) is 29.9. The Morgan fingerprint density at radius 2 is 1.98 bits per heavy atom. The molecule has 1 saturated heterocycles. The van der Waals surface area contributed by atoms with Gasteiger partial charge in [0.15, 0.2) is 18.2 Å². The molecule has 0 saturated carbocycles. The first-order chi connectivity index (χ1) is 19.5. The van der Waals surface area contributed by atoms with Crippen LogP contribution in [-0.2, 0) is 14.0 Å². The number of ether oxygens (including phenoxy) is 2. The summed E-state index contributed by atoms with van der Waals surface area (Å²) in [6, 6.07) is 10.6. The molecule has 3 aliphatic heterocycles.